The smallest absolute Gasteiger partial charge is 0.394 e. The Bertz CT molecular complexity index is 1140. The third-order valence-corrected chi connectivity index (χ3v) is 6.48. The second kappa shape index (κ2) is 11.2. The fraction of sp³-hybridized carbons (Fsp3) is 0.462. The summed E-state index contributed by atoms with van der Waals surface area (Å²) in [6.45, 7) is 2.10. The number of fused-ring (bicyclic) bond motifs is 1. The van der Waals surface area contributed by atoms with Crippen molar-refractivity contribution in [3.05, 3.63) is 47.5 Å². The summed E-state index contributed by atoms with van der Waals surface area (Å²) in [5, 5.41) is 38.9. The number of carbonyl (C=O) groups is 1. The van der Waals surface area contributed by atoms with Crippen molar-refractivity contribution in [2.45, 2.75) is 63.5 Å². The molecule has 0 radical (unpaired) electrons. The first kappa shape index (κ1) is 26.7. The number of aliphatic hydroxyl groups excluding tert-OH is 3. The van der Waals surface area contributed by atoms with Crippen LogP contribution in [0.4, 0.5) is 18.9 Å². The van der Waals surface area contributed by atoms with Gasteiger partial charge in [-0.1, -0.05) is 24.3 Å². The molecule has 188 valence electrons. The number of Topliss-reactive ketones (excluding diaryl/α,β-unsaturated/α-hetero) is 1. The molecule has 1 aliphatic heterocycles. The van der Waals surface area contributed by atoms with Gasteiger partial charge in [-0.3, -0.25) is 4.79 Å². The van der Waals surface area contributed by atoms with Crippen LogP contribution >= 0.6 is 0 Å². The summed E-state index contributed by atoms with van der Waals surface area (Å²) in [7, 11) is 0. The third kappa shape index (κ3) is 6.01. The predicted octanol–water partition coefficient (Wildman–Crippen LogP) is 4.12. The molecule has 1 saturated heterocycles. The van der Waals surface area contributed by atoms with Crippen molar-refractivity contribution < 1.29 is 33.3 Å². The average molecular weight is 491 g/mol. The van der Waals surface area contributed by atoms with E-state index in [-0.39, 0.29) is 11.6 Å². The van der Waals surface area contributed by atoms with Crippen molar-refractivity contribution >= 4 is 27.8 Å². The van der Waals surface area contributed by atoms with Gasteiger partial charge in [-0.05, 0) is 55.7 Å². The fourth-order valence-corrected chi connectivity index (χ4v) is 4.54. The predicted molar refractivity (Wildman–Crippen MR) is 127 cm³/mol. The number of hydrogen-bond acceptors (Lipinski definition) is 6. The summed E-state index contributed by atoms with van der Waals surface area (Å²) in [5.74, 6) is -1.10. The number of halogens is 3. The van der Waals surface area contributed by atoms with Gasteiger partial charge in [-0.15, -0.1) is 0 Å². The molecule has 0 bridgehead atoms. The number of allylic oxidation sites excluding steroid dienone is 2. The van der Waals surface area contributed by atoms with Crippen molar-refractivity contribution in [2.75, 3.05) is 18.1 Å². The Morgan fingerprint density at radius 3 is 2.57 bits per heavy atom. The Hall–Kier alpha value is -2.93. The molecule has 3 N–H and O–H groups in total. The third-order valence-electron chi connectivity index (χ3n) is 6.48. The maximum atomic E-state index is 14.2. The molecule has 0 aromatic heterocycles. The van der Waals surface area contributed by atoms with E-state index in [1.165, 1.54) is 18.2 Å². The first-order valence-corrected chi connectivity index (χ1v) is 11.6. The lowest BCUT2D eigenvalue weighted by Gasteiger charge is -2.36. The van der Waals surface area contributed by atoms with Crippen LogP contribution in [0.15, 0.2) is 42.0 Å². The summed E-state index contributed by atoms with van der Waals surface area (Å²) >= 11 is 0. The summed E-state index contributed by atoms with van der Waals surface area (Å²) in [5.41, 5.74) is -1.86. The van der Waals surface area contributed by atoms with E-state index in [0.29, 0.717) is 5.39 Å². The van der Waals surface area contributed by atoms with Crippen LogP contribution in [0.25, 0.3) is 16.3 Å². The van der Waals surface area contributed by atoms with E-state index in [4.69, 9.17) is 5.11 Å². The van der Waals surface area contributed by atoms with Crippen LogP contribution in [0.1, 0.15) is 44.6 Å². The molecule has 35 heavy (non-hydrogen) atoms. The van der Waals surface area contributed by atoms with Crippen LogP contribution in [0.2, 0.25) is 0 Å². The van der Waals surface area contributed by atoms with Crippen molar-refractivity contribution in [2.24, 2.45) is 0 Å². The highest BCUT2D eigenvalue weighted by Crippen LogP contribution is 2.40. The number of rotatable bonds is 8. The molecule has 0 saturated carbocycles. The molecule has 0 spiro atoms. The van der Waals surface area contributed by atoms with Crippen molar-refractivity contribution in [1.82, 2.24) is 0 Å². The fourth-order valence-electron chi connectivity index (χ4n) is 4.54. The number of ketones is 1. The minimum Gasteiger partial charge on any atom is -0.394 e. The van der Waals surface area contributed by atoms with Crippen molar-refractivity contribution in [3.8, 4) is 6.07 Å². The van der Waals surface area contributed by atoms with E-state index in [1.54, 1.807) is 12.1 Å². The topological polar surface area (TPSA) is 105 Å². The monoisotopic (exact) mass is 490 g/mol. The molecule has 3 atom stereocenters. The van der Waals surface area contributed by atoms with Gasteiger partial charge in [0.25, 0.3) is 0 Å². The number of piperidine rings is 1. The van der Waals surface area contributed by atoms with Gasteiger partial charge in [0.15, 0.2) is 5.78 Å². The van der Waals surface area contributed by atoms with Crippen molar-refractivity contribution in [3.63, 3.8) is 0 Å². The highest BCUT2D eigenvalue weighted by Gasteiger charge is 2.39. The van der Waals surface area contributed by atoms with Gasteiger partial charge in [0.1, 0.15) is 17.7 Å². The molecule has 6 nitrogen and oxygen atoms in total. The number of aliphatic hydroxyl groups is 3. The number of alkyl halides is 3. The zero-order valence-electron chi connectivity index (χ0n) is 19.4. The first-order valence-electron chi connectivity index (χ1n) is 11.6. The Labute approximate surface area is 201 Å². The second-order valence-electron chi connectivity index (χ2n) is 8.89. The molecule has 2 aromatic rings. The minimum atomic E-state index is -4.98. The molecule has 1 fully saturated rings. The number of nitrogens with zero attached hydrogens (tertiary/aromatic N) is 2. The minimum absolute atomic E-state index is 0.229. The molecular formula is C26H29F3N2O4. The summed E-state index contributed by atoms with van der Waals surface area (Å²) in [6.07, 6.45) is -5.96. The molecule has 2 aromatic carbocycles. The second-order valence-corrected chi connectivity index (χ2v) is 8.89. The standard InChI is InChI=1S/C26H29F3N2O4/c1-16-5-2-3-12-31(16)21-7-4-6-17-8-9-18(13-19(17)21)25(26(27,28)29)20(14-30)22(33)10-11-23(34)24(35)15-32/h4,6-9,13,16,23-24,32,34-35H,2-3,5,10-12,15H2,1H3/b25-20-. The Morgan fingerprint density at radius 1 is 1.20 bits per heavy atom. The van der Waals surface area contributed by atoms with Gasteiger partial charge >= 0.3 is 6.18 Å². The zero-order valence-corrected chi connectivity index (χ0v) is 19.4. The normalized spacial score (nSPS) is 19.1. The van der Waals surface area contributed by atoms with Gasteiger partial charge < -0.3 is 20.2 Å². The van der Waals surface area contributed by atoms with Gasteiger partial charge in [-0.25, -0.2) is 0 Å². The molecule has 0 aliphatic carbocycles. The van der Waals surface area contributed by atoms with Crippen LogP contribution in [0.3, 0.4) is 0 Å². The lowest BCUT2D eigenvalue weighted by molar-refractivity contribution is -0.116. The summed E-state index contributed by atoms with van der Waals surface area (Å²) < 4.78 is 42.6. The highest BCUT2D eigenvalue weighted by atomic mass is 19.4. The molecular weight excluding hydrogens is 461 g/mol. The lowest BCUT2D eigenvalue weighted by Crippen LogP contribution is -2.37. The van der Waals surface area contributed by atoms with Crippen LogP contribution in [-0.2, 0) is 4.79 Å². The van der Waals surface area contributed by atoms with Crippen LogP contribution in [-0.4, -0.2) is 58.7 Å². The zero-order chi connectivity index (χ0) is 25.8. The van der Waals surface area contributed by atoms with Crippen LogP contribution < -0.4 is 4.90 Å². The van der Waals surface area contributed by atoms with E-state index in [9.17, 15) is 33.4 Å². The van der Waals surface area contributed by atoms with E-state index < -0.39 is 54.8 Å². The van der Waals surface area contributed by atoms with Gasteiger partial charge in [0.2, 0.25) is 0 Å². The number of benzene rings is 2. The first-order chi connectivity index (χ1) is 16.6. The number of nitriles is 1. The molecule has 1 heterocycles. The molecule has 0 amide bonds. The Balaban J connectivity index is 2.08. The van der Waals surface area contributed by atoms with Crippen LogP contribution in [0.5, 0.6) is 0 Å². The summed E-state index contributed by atoms with van der Waals surface area (Å²) in [6, 6.07) is 11.4. The molecule has 3 rings (SSSR count). The maximum Gasteiger partial charge on any atom is 0.418 e. The van der Waals surface area contributed by atoms with E-state index in [0.717, 1.165) is 36.9 Å². The largest absolute Gasteiger partial charge is 0.418 e. The Kier molecular flexibility index (Phi) is 8.54. The lowest BCUT2D eigenvalue weighted by atomic mass is 9.92. The van der Waals surface area contributed by atoms with E-state index >= 15 is 0 Å². The Morgan fingerprint density at radius 2 is 1.94 bits per heavy atom. The average Bonchev–Trinajstić information content (AvgIpc) is 2.84. The number of hydrogen-bond donors (Lipinski definition) is 3. The van der Waals surface area contributed by atoms with E-state index in [1.807, 2.05) is 12.1 Å². The molecule has 3 unspecified atom stereocenters. The number of anilines is 1. The van der Waals surface area contributed by atoms with Gasteiger partial charge in [0, 0.05) is 30.1 Å². The van der Waals surface area contributed by atoms with Gasteiger partial charge in [0.05, 0.1) is 18.3 Å². The highest BCUT2D eigenvalue weighted by molar-refractivity contribution is 6.08. The van der Waals surface area contributed by atoms with Crippen molar-refractivity contribution in [1.29, 1.82) is 5.26 Å². The maximum absolute atomic E-state index is 14.2. The SMILES string of the molecule is CC1CCCCN1c1cccc2ccc(/C(=C(\C#N)C(=O)CCC(O)C(O)CO)C(F)(F)F)cc12. The van der Waals surface area contributed by atoms with Crippen LogP contribution in [0, 0.1) is 11.3 Å². The van der Waals surface area contributed by atoms with Gasteiger partial charge in [-0.2, -0.15) is 18.4 Å². The molecule has 9 heteroatoms. The molecule has 1 aliphatic rings. The quantitative estimate of drug-likeness (QED) is 0.380. The number of carbonyl (C=O) groups excluding carboxylic acids is 1. The van der Waals surface area contributed by atoms with E-state index in [2.05, 4.69) is 11.8 Å². The summed E-state index contributed by atoms with van der Waals surface area (Å²) in [4.78, 5) is 14.8.